The molecule has 47 heavy (non-hydrogen) atoms. The van der Waals surface area contributed by atoms with Gasteiger partial charge in [-0.15, -0.1) is 16.4 Å². The summed E-state index contributed by atoms with van der Waals surface area (Å²) < 4.78 is 40.7. The van der Waals surface area contributed by atoms with E-state index in [1.165, 1.54) is 16.9 Å². The number of ether oxygens (including phenoxy) is 1. The molecule has 8 rings (SSSR count). The van der Waals surface area contributed by atoms with Gasteiger partial charge in [-0.3, -0.25) is 9.97 Å². The second-order valence-corrected chi connectivity index (χ2v) is 16.2. The van der Waals surface area contributed by atoms with E-state index < -0.39 is 9.84 Å². The Hall–Kier alpha value is -3.94. The van der Waals surface area contributed by atoms with E-state index in [0.29, 0.717) is 29.2 Å². The smallest absolute Gasteiger partial charge is 0.313 e. The highest BCUT2D eigenvalue weighted by atomic mass is 32.2. The quantitative estimate of drug-likeness (QED) is 0.189. The van der Waals surface area contributed by atoms with Crippen molar-refractivity contribution in [2.45, 2.75) is 69.2 Å². The van der Waals surface area contributed by atoms with Crippen LogP contribution in [0, 0.1) is 11.8 Å². The van der Waals surface area contributed by atoms with Gasteiger partial charge in [0.05, 0.1) is 38.3 Å². The molecular formula is C34H37N7O4S2. The molecule has 5 aromatic heterocycles. The van der Waals surface area contributed by atoms with E-state index in [0.717, 1.165) is 77.5 Å². The lowest BCUT2D eigenvalue weighted by Gasteiger charge is -2.23. The van der Waals surface area contributed by atoms with Gasteiger partial charge in [0, 0.05) is 47.7 Å². The zero-order valence-electron chi connectivity index (χ0n) is 26.4. The van der Waals surface area contributed by atoms with Gasteiger partial charge in [-0.1, -0.05) is 25.0 Å². The van der Waals surface area contributed by atoms with Crippen molar-refractivity contribution in [3.05, 3.63) is 59.3 Å². The first-order chi connectivity index (χ1) is 22.8. The van der Waals surface area contributed by atoms with E-state index in [9.17, 15) is 8.42 Å². The molecule has 0 aromatic carbocycles. The molecule has 0 spiro atoms. The molecule has 3 aliphatic rings. The number of rotatable bonds is 8. The Bertz CT molecular complexity index is 2090. The molecule has 5 aromatic rings. The Kier molecular flexibility index (Phi) is 7.72. The van der Waals surface area contributed by atoms with Gasteiger partial charge in [0.15, 0.2) is 9.84 Å². The van der Waals surface area contributed by atoms with Crippen molar-refractivity contribution >= 4 is 43.1 Å². The second kappa shape index (κ2) is 11.9. The predicted octanol–water partition coefficient (Wildman–Crippen LogP) is 6.37. The van der Waals surface area contributed by atoms with Crippen LogP contribution in [0.25, 0.3) is 32.0 Å². The van der Waals surface area contributed by atoms with Gasteiger partial charge in [-0.2, -0.15) is 0 Å². The monoisotopic (exact) mass is 671 g/mol. The topological polar surface area (TPSA) is 159 Å². The van der Waals surface area contributed by atoms with Gasteiger partial charge in [-0.25, -0.2) is 13.4 Å². The minimum atomic E-state index is -3.69. The lowest BCUT2D eigenvalue weighted by molar-refractivity contribution is 0.0639. The van der Waals surface area contributed by atoms with Gasteiger partial charge >= 0.3 is 6.01 Å². The molecule has 0 saturated carbocycles. The number of nitrogens with two attached hydrogens (primary N) is 1. The molecule has 13 heteroatoms. The van der Waals surface area contributed by atoms with Crippen molar-refractivity contribution < 1.29 is 17.6 Å². The Morgan fingerprint density at radius 3 is 2.72 bits per heavy atom. The van der Waals surface area contributed by atoms with Gasteiger partial charge in [-0.05, 0) is 79.5 Å². The minimum Gasteiger partial charge on any atom is -0.403 e. The fourth-order valence-electron chi connectivity index (χ4n) is 7.39. The average Bonchev–Trinajstić information content (AvgIpc) is 3.85. The van der Waals surface area contributed by atoms with Crippen LogP contribution in [0.15, 0.2) is 46.0 Å². The zero-order valence-corrected chi connectivity index (χ0v) is 28.0. The van der Waals surface area contributed by atoms with Crippen LogP contribution in [0.2, 0.25) is 0 Å². The Balaban J connectivity index is 1.31. The number of hydrogen-bond donors (Lipinski definition) is 2. The van der Waals surface area contributed by atoms with Crippen LogP contribution in [-0.2, 0) is 27.4 Å². The molecule has 0 bridgehead atoms. The number of aromatic nitrogens is 5. The van der Waals surface area contributed by atoms with E-state index in [1.807, 2.05) is 18.3 Å². The molecule has 7 heterocycles. The largest absolute Gasteiger partial charge is 0.403 e. The molecule has 244 valence electrons. The molecular weight excluding hydrogens is 635 g/mol. The van der Waals surface area contributed by atoms with E-state index in [4.69, 9.17) is 24.9 Å². The SMILES string of the molecule is CC(C)[C@H]1CS(=O)(=O)c2c1nc(CCC1CCOCC1)c(-c1nnc(N)o1)c2-c1cc2ccnc(NC3CCc4ncccc43)c2s1. The summed E-state index contributed by atoms with van der Waals surface area (Å²) in [5.74, 6) is 1.32. The van der Waals surface area contributed by atoms with Crippen molar-refractivity contribution in [3.8, 4) is 21.9 Å². The van der Waals surface area contributed by atoms with Crippen LogP contribution < -0.4 is 11.1 Å². The van der Waals surface area contributed by atoms with Crippen LogP contribution in [-0.4, -0.2) is 52.5 Å². The van der Waals surface area contributed by atoms with Crippen molar-refractivity contribution in [1.29, 1.82) is 0 Å². The van der Waals surface area contributed by atoms with Crippen molar-refractivity contribution in [3.63, 3.8) is 0 Å². The number of nitrogens with zero attached hydrogens (tertiary/aromatic N) is 5. The summed E-state index contributed by atoms with van der Waals surface area (Å²) in [5.41, 5.74) is 10.8. The first kappa shape index (κ1) is 30.4. The predicted molar refractivity (Wildman–Crippen MR) is 181 cm³/mol. The first-order valence-corrected chi connectivity index (χ1v) is 18.8. The second-order valence-electron chi connectivity index (χ2n) is 13.2. The van der Waals surface area contributed by atoms with E-state index >= 15 is 0 Å². The summed E-state index contributed by atoms with van der Waals surface area (Å²) in [4.78, 5) is 15.5. The summed E-state index contributed by atoms with van der Waals surface area (Å²) >= 11 is 1.52. The minimum absolute atomic E-state index is 0.0171. The molecule has 3 N–H and O–H groups in total. The standard InChI is InChI=1S/C34H37N7O4S2/c1-18(2)22-17-47(42,43)31-28(27(33-40-41-34(35)45-33)25(38-29(22)31)6-5-19-10-14-44-15-11-19)26-16-20-9-13-37-32(30(20)46-26)39-24-8-7-23-21(24)4-3-12-36-23/h3-4,9,12-13,16,18-19,22,24H,5-8,10-11,14-15,17H2,1-2H3,(H2,35,41)(H,37,39)/t22-,24?/m1/s1. The molecule has 2 aliphatic heterocycles. The number of nitrogen functional groups attached to an aromatic ring is 1. The van der Waals surface area contributed by atoms with Crippen LogP contribution in [0.5, 0.6) is 0 Å². The molecule has 0 amide bonds. The van der Waals surface area contributed by atoms with Crippen molar-refractivity contribution in [1.82, 2.24) is 25.1 Å². The Morgan fingerprint density at radius 1 is 1.09 bits per heavy atom. The number of thiophene rings is 1. The Morgan fingerprint density at radius 2 is 1.94 bits per heavy atom. The van der Waals surface area contributed by atoms with E-state index in [2.05, 4.69) is 46.5 Å². The number of nitrogens with one attached hydrogen (secondary N) is 1. The number of pyridine rings is 3. The maximum absolute atomic E-state index is 14.1. The van der Waals surface area contributed by atoms with Gasteiger partial charge in [0.2, 0.25) is 0 Å². The van der Waals surface area contributed by atoms with Crippen LogP contribution >= 0.6 is 11.3 Å². The van der Waals surface area contributed by atoms with Crippen molar-refractivity contribution in [2.75, 3.05) is 30.0 Å². The zero-order chi connectivity index (χ0) is 32.3. The maximum atomic E-state index is 14.1. The highest BCUT2D eigenvalue weighted by molar-refractivity contribution is 7.92. The first-order valence-electron chi connectivity index (χ1n) is 16.3. The lowest BCUT2D eigenvalue weighted by atomic mass is 9.89. The van der Waals surface area contributed by atoms with Gasteiger partial charge in [0.25, 0.3) is 5.89 Å². The molecule has 11 nitrogen and oxygen atoms in total. The number of anilines is 2. The number of hydrogen-bond acceptors (Lipinski definition) is 12. The van der Waals surface area contributed by atoms with Crippen molar-refractivity contribution in [2.24, 2.45) is 11.8 Å². The molecule has 2 atom stereocenters. The van der Waals surface area contributed by atoms with E-state index in [1.54, 1.807) is 6.20 Å². The number of aryl methyl sites for hydroxylation is 2. The maximum Gasteiger partial charge on any atom is 0.313 e. The highest BCUT2D eigenvalue weighted by Crippen LogP contribution is 2.51. The highest BCUT2D eigenvalue weighted by Gasteiger charge is 2.43. The summed E-state index contributed by atoms with van der Waals surface area (Å²) in [6, 6.07) is 8.12. The van der Waals surface area contributed by atoms with Crippen LogP contribution in [0.4, 0.5) is 11.8 Å². The lowest BCUT2D eigenvalue weighted by Crippen LogP contribution is -2.17. The molecule has 0 radical (unpaired) electrons. The van der Waals surface area contributed by atoms with E-state index in [-0.39, 0.29) is 40.4 Å². The summed E-state index contributed by atoms with van der Waals surface area (Å²) in [6.45, 7) is 5.63. The number of fused-ring (bicyclic) bond motifs is 3. The molecule has 1 aliphatic carbocycles. The van der Waals surface area contributed by atoms with Crippen LogP contribution in [0.3, 0.4) is 0 Å². The normalized spacial score (nSPS) is 20.6. The molecule has 1 saturated heterocycles. The third-order valence-corrected chi connectivity index (χ3v) is 12.9. The van der Waals surface area contributed by atoms with Crippen LogP contribution in [0.1, 0.15) is 74.1 Å². The summed E-state index contributed by atoms with van der Waals surface area (Å²) in [6.07, 6.45) is 8.98. The summed E-state index contributed by atoms with van der Waals surface area (Å²) in [5, 5.41) is 12.9. The summed E-state index contributed by atoms with van der Waals surface area (Å²) in [7, 11) is -3.69. The Labute approximate surface area is 277 Å². The fourth-order valence-corrected chi connectivity index (χ4v) is 10.8. The van der Waals surface area contributed by atoms with Gasteiger partial charge in [0.1, 0.15) is 5.82 Å². The molecule has 1 fully saturated rings. The fraction of sp³-hybridized carbons (Fsp3) is 0.441. The average molecular weight is 672 g/mol. The number of sulfone groups is 1. The molecule has 1 unspecified atom stereocenters. The third-order valence-electron chi connectivity index (χ3n) is 9.87. The van der Waals surface area contributed by atoms with Gasteiger partial charge < -0.3 is 20.2 Å². The third kappa shape index (κ3) is 5.47.